The van der Waals surface area contributed by atoms with E-state index in [1.807, 2.05) is 44.3 Å². The van der Waals surface area contributed by atoms with Gasteiger partial charge in [-0.25, -0.2) is 4.99 Å². The van der Waals surface area contributed by atoms with E-state index in [2.05, 4.69) is 41.1 Å². The third-order valence-corrected chi connectivity index (χ3v) is 2.95. The predicted molar refractivity (Wildman–Crippen MR) is 78.8 cm³/mol. The number of hydrogen-bond acceptors (Lipinski definition) is 1. The number of anilines is 1. The molecule has 2 nitrogen and oxygen atoms in total. The number of aryl methyl sites for hydroxylation is 1. The third-order valence-electron chi connectivity index (χ3n) is 2.95. The fraction of sp³-hybridized carbons (Fsp3) is 0.188. The van der Waals surface area contributed by atoms with Crippen LogP contribution >= 0.6 is 0 Å². The highest BCUT2D eigenvalue weighted by atomic mass is 15.2. The van der Waals surface area contributed by atoms with Gasteiger partial charge in [0.05, 0.1) is 5.69 Å². The number of para-hydroxylation sites is 1. The number of hydrogen-bond donors (Lipinski definition) is 0. The maximum atomic E-state index is 4.62. The largest absolute Gasteiger partial charge is 0.333 e. The summed E-state index contributed by atoms with van der Waals surface area (Å²) in [6, 6.07) is 18.5. The normalized spacial score (nSPS) is 11.4. The van der Waals surface area contributed by atoms with E-state index in [1.165, 1.54) is 5.56 Å². The third kappa shape index (κ3) is 2.98. The fourth-order valence-electron chi connectivity index (χ4n) is 1.72. The van der Waals surface area contributed by atoms with E-state index >= 15 is 0 Å². The molecule has 0 unspecified atom stereocenters. The molecule has 0 fully saturated rings. The van der Waals surface area contributed by atoms with Crippen molar-refractivity contribution in [1.29, 1.82) is 0 Å². The van der Waals surface area contributed by atoms with Crippen LogP contribution in [0.1, 0.15) is 12.5 Å². The molecule has 18 heavy (non-hydrogen) atoms. The van der Waals surface area contributed by atoms with Crippen molar-refractivity contribution in [2.45, 2.75) is 13.8 Å². The van der Waals surface area contributed by atoms with E-state index in [4.69, 9.17) is 0 Å². The predicted octanol–water partition coefficient (Wildman–Crippen LogP) is 4.18. The number of benzene rings is 2. The number of aliphatic imine (C=N–C) groups is 1. The van der Waals surface area contributed by atoms with Crippen LogP contribution in [0.4, 0.5) is 11.4 Å². The van der Waals surface area contributed by atoms with Crippen LogP contribution in [-0.4, -0.2) is 12.9 Å². The Bertz CT molecular complexity index is 527. The Balaban J connectivity index is 2.20. The summed E-state index contributed by atoms with van der Waals surface area (Å²) in [7, 11) is 2.03. The molecule has 0 radical (unpaired) electrons. The molecule has 0 saturated heterocycles. The Hall–Kier alpha value is -2.09. The average molecular weight is 238 g/mol. The van der Waals surface area contributed by atoms with Crippen LogP contribution in [0.2, 0.25) is 0 Å². The fourth-order valence-corrected chi connectivity index (χ4v) is 1.72. The summed E-state index contributed by atoms with van der Waals surface area (Å²) in [5.74, 6) is 0.977. The average Bonchev–Trinajstić information content (AvgIpc) is 2.41. The molecule has 0 N–H and O–H groups in total. The quantitative estimate of drug-likeness (QED) is 0.566. The number of rotatable bonds is 2. The molecule has 2 aromatic rings. The smallest absolute Gasteiger partial charge is 0.106 e. The van der Waals surface area contributed by atoms with Gasteiger partial charge in [0.2, 0.25) is 0 Å². The Labute approximate surface area is 109 Å². The molecule has 0 bridgehead atoms. The number of nitrogens with zero attached hydrogens (tertiary/aromatic N) is 2. The summed E-state index contributed by atoms with van der Waals surface area (Å²) < 4.78 is 0. The number of amidine groups is 1. The van der Waals surface area contributed by atoms with Gasteiger partial charge in [-0.2, -0.15) is 0 Å². The summed E-state index contributed by atoms with van der Waals surface area (Å²) in [5, 5.41) is 0. The summed E-state index contributed by atoms with van der Waals surface area (Å²) in [4.78, 5) is 6.70. The second-order valence-electron chi connectivity index (χ2n) is 4.39. The molecule has 92 valence electrons. The molecule has 0 atom stereocenters. The van der Waals surface area contributed by atoms with Gasteiger partial charge in [-0.1, -0.05) is 35.9 Å². The van der Waals surface area contributed by atoms with Crippen LogP contribution in [0.3, 0.4) is 0 Å². The first-order valence-corrected chi connectivity index (χ1v) is 6.07. The molecule has 0 aliphatic heterocycles. The van der Waals surface area contributed by atoms with Gasteiger partial charge in [-0.3, -0.25) is 0 Å². The lowest BCUT2D eigenvalue weighted by molar-refractivity contribution is 1.23. The van der Waals surface area contributed by atoms with Gasteiger partial charge in [-0.15, -0.1) is 0 Å². The first-order chi connectivity index (χ1) is 8.66. The van der Waals surface area contributed by atoms with E-state index in [-0.39, 0.29) is 0 Å². The summed E-state index contributed by atoms with van der Waals surface area (Å²) >= 11 is 0. The second kappa shape index (κ2) is 5.50. The summed E-state index contributed by atoms with van der Waals surface area (Å²) in [6.45, 7) is 4.10. The standard InChI is InChI=1S/C16H18N2/c1-13-9-11-15(12-10-13)17-14(2)18(3)16-7-5-4-6-8-16/h4-12H,1-3H3. The van der Waals surface area contributed by atoms with Crippen molar-refractivity contribution >= 4 is 17.2 Å². The molecule has 0 amide bonds. The SMILES string of the molecule is CC(=Nc1ccc(C)cc1)N(C)c1ccccc1. The van der Waals surface area contributed by atoms with Gasteiger partial charge < -0.3 is 4.90 Å². The maximum absolute atomic E-state index is 4.62. The van der Waals surface area contributed by atoms with Gasteiger partial charge >= 0.3 is 0 Å². The molecule has 0 saturated carbocycles. The molecule has 0 heterocycles. The van der Waals surface area contributed by atoms with Crippen molar-refractivity contribution in [1.82, 2.24) is 0 Å². The van der Waals surface area contributed by atoms with E-state index in [0.717, 1.165) is 17.2 Å². The van der Waals surface area contributed by atoms with E-state index in [1.54, 1.807) is 0 Å². The van der Waals surface area contributed by atoms with Crippen LogP contribution in [0, 0.1) is 6.92 Å². The zero-order valence-corrected chi connectivity index (χ0v) is 11.1. The van der Waals surface area contributed by atoms with Gasteiger partial charge in [0.15, 0.2) is 0 Å². The molecule has 2 heteroatoms. The van der Waals surface area contributed by atoms with Crippen LogP contribution in [0.25, 0.3) is 0 Å². The van der Waals surface area contributed by atoms with Crippen LogP contribution in [-0.2, 0) is 0 Å². The van der Waals surface area contributed by atoms with E-state index in [0.29, 0.717) is 0 Å². The van der Waals surface area contributed by atoms with Crippen molar-refractivity contribution in [2.75, 3.05) is 11.9 Å². The van der Waals surface area contributed by atoms with Crippen molar-refractivity contribution in [3.05, 3.63) is 60.2 Å². The van der Waals surface area contributed by atoms with Gasteiger partial charge in [0.25, 0.3) is 0 Å². The molecular weight excluding hydrogens is 220 g/mol. The zero-order valence-electron chi connectivity index (χ0n) is 11.1. The highest BCUT2D eigenvalue weighted by Gasteiger charge is 2.02. The Morgan fingerprint density at radius 3 is 2.17 bits per heavy atom. The minimum Gasteiger partial charge on any atom is -0.333 e. The lowest BCUT2D eigenvalue weighted by Crippen LogP contribution is -2.22. The van der Waals surface area contributed by atoms with Crippen LogP contribution in [0.5, 0.6) is 0 Å². The Morgan fingerprint density at radius 1 is 0.944 bits per heavy atom. The summed E-state index contributed by atoms with van der Waals surface area (Å²) in [6.07, 6.45) is 0. The molecule has 0 spiro atoms. The molecule has 2 rings (SSSR count). The Kier molecular flexibility index (Phi) is 3.78. The van der Waals surface area contributed by atoms with Crippen molar-refractivity contribution in [3.8, 4) is 0 Å². The second-order valence-corrected chi connectivity index (χ2v) is 4.39. The molecule has 0 aliphatic carbocycles. The monoisotopic (exact) mass is 238 g/mol. The van der Waals surface area contributed by atoms with Crippen LogP contribution < -0.4 is 4.90 Å². The first kappa shape index (κ1) is 12.4. The maximum Gasteiger partial charge on any atom is 0.106 e. The first-order valence-electron chi connectivity index (χ1n) is 6.07. The lowest BCUT2D eigenvalue weighted by atomic mass is 10.2. The molecule has 2 aromatic carbocycles. The zero-order chi connectivity index (χ0) is 13.0. The minimum atomic E-state index is 0.977. The highest BCUT2D eigenvalue weighted by Crippen LogP contribution is 2.16. The molecule has 0 aromatic heterocycles. The van der Waals surface area contributed by atoms with Gasteiger partial charge in [0, 0.05) is 12.7 Å². The van der Waals surface area contributed by atoms with Crippen molar-refractivity contribution in [3.63, 3.8) is 0 Å². The molecular formula is C16H18N2. The summed E-state index contributed by atoms with van der Waals surface area (Å²) in [5.41, 5.74) is 3.38. The Morgan fingerprint density at radius 2 is 1.56 bits per heavy atom. The minimum absolute atomic E-state index is 0.977. The van der Waals surface area contributed by atoms with Crippen molar-refractivity contribution < 1.29 is 0 Å². The topological polar surface area (TPSA) is 15.6 Å². The van der Waals surface area contributed by atoms with Crippen molar-refractivity contribution in [2.24, 2.45) is 4.99 Å². The van der Waals surface area contributed by atoms with Gasteiger partial charge in [0.1, 0.15) is 5.84 Å². The van der Waals surface area contributed by atoms with Gasteiger partial charge in [-0.05, 0) is 38.1 Å². The molecule has 0 aliphatic rings. The lowest BCUT2D eigenvalue weighted by Gasteiger charge is -2.18. The van der Waals surface area contributed by atoms with Crippen LogP contribution in [0.15, 0.2) is 59.6 Å². The highest BCUT2D eigenvalue weighted by molar-refractivity contribution is 5.96. The van der Waals surface area contributed by atoms with E-state index in [9.17, 15) is 0 Å². The van der Waals surface area contributed by atoms with E-state index < -0.39 is 0 Å².